The normalized spacial score (nSPS) is 20.8. The van der Waals surface area contributed by atoms with E-state index in [1.165, 1.54) is 6.42 Å². The molecule has 1 amide bonds. The highest BCUT2D eigenvalue weighted by atomic mass is 16.3. The number of rotatable bonds is 2. The highest BCUT2D eigenvalue weighted by molar-refractivity contribution is 5.97. The molecule has 1 fully saturated rings. The number of amides is 1. The summed E-state index contributed by atoms with van der Waals surface area (Å²) in [5, 5.41) is 0. The van der Waals surface area contributed by atoms with Gasteiger partial charge in [0.15, 0.2) is 5.58 Å². The van der Waals surface area contributed by atoms with Crippen molar-refractivity contribution in [3.63, 3.8) is 0 Å². The minimum atomic E-state index is 0.0726. The Kier molecular flexibility index (Phi) is 3.99. The standard InChI is InChI=1S/C20H21N3O2/c1-13-4-3-5-14(2)23(13)20(24)16-6-7-17-18(12-16)25-19(22-17)15-8-10-21-11-9-15/h6-14H,3-5H2,1-2H3. The molecule has 3 heterocycles. The van der Waals surface area contributed by atoms with Crippen molar-refractivity contribution in [3.05, 3.63) is 48.3 Å². The predicted octanol–water partition coefficient (Wildman–Crippen LogP) is 4.29. The van der Waals surface area contributed by atoms with Crippen molar-refractivity contribution in [3.8, 4) is 11.5 Å². The molecule has 2 atom stereocenters. The summed E-state index contributed by atoms with van der Waals surface area (Å²) in [5.74, 6) is 0.616. The van der Waals surface area contributed by atoms with Crippen molar-refractivity contribution >= 4 is 17.0 Å². The summed E-state index contributed by atoms with van der Waals surface area (Å²) >= 11 is 0. The number of aromatic nitrogens is 2. The van der Waals surface area contributed by atoms with Crippen LogP contribution in [0.15, 0.2) is 47.1 Å². The van der Waals surface area contributed by atoms with Crippen molar-refractivity contribution in [2.24, 2.45) is 0 Å². The van der Waals surface area contributed by atoms with Crippen molar-refractivity contribution in [1.29, 1.82) is 0 Å². The Balaban J connectivity index is 1.68. The molecule has 25 heavy (non-hydrogen) atoms. The van der Waals surface area contributed by atoms with E-state index in [2.05, 4.69) is 23.8 Å². The van der Waals surface area contributed by atoms with Gasteiger partial charge in [0, 0.05) is 35.6 Å². The van der Waals surface area contributed by atoms with Gasteiger partial charge >= 0.3 is 0 Å². The number of carbonyl (C=O) groups excluding carboxylic acids is 1. The third kappa shape index (κ3) is 2.90. The molecular weight excluding hydrogens is 314 g/mol. The summed E-state index contributed by atoms with van der Waals surface area (Å²) in [6.45, 7) is 4.25. The summed E-state index contributed by atoms with van der Waals surface area (Å²) in [5.41, 5.74) is 2.92. The van der Waals surface area contributed by atoms with E-state index in [9.17, 15) is 4.79 Å². The lowest BCUT2D eigenvalue weighted by Crippen LogP contribution is -2.47. The van der Waals surface area contributed by atoms with Gasteiger partial charge in [-0.25, -0.2) is 4.98 Å². The SMILES string of the molecule is CC1CCCC(C)N1C(=O)c1ccc2nc(-c3ccncc3)oc2c1. The van der Waals surface area contributed by atoms with Crippen LogP contribution in [0.1, 0.15) is 43.5 Å². The lowest BCUT2D eigenvalue weighted by atomic mass is 9.96. The van der Waals surface area contributed by atoms with E-state index in [4.69, 9.17) is 4.42 Å². The number of likely N-dealkylation sites (tertiary alicyclic amines) is 1. The van der Waals surface area contributed by atoms with Gasteiger partial charge in [0.1, 0.15) is 5.52 Å². The highest BCUT2D eigenvalue weighted by Gasteiger charge is 2.29. The molecule has 0 aliphatic carbocycles. The number of nitrogens with zero attached hydrogens (tertiary/aromatic N) is 3. The fourth-order valence-corrected chi connectivity index (χ4v) is 3.65. The molecule has 128 valence electrons. The van der Waals surface area contributed by atoms with Crippen LogP contribution in [0.3, 0.4) is 0 Å². The molecule has 2 unspecified atom stereocenters. The molecular formula is C20H21N3O2. The predicted molar refractivity (Wildman–Crippen MR) is 96.2 cm³/mol. The second-order valence-corrected chi connectivity index (χ2v) is 6.78. The summed E-state index contributed by atoms with van der Waals surface area (Å²) in [4.78, 5) is 23.5. The van der Waals surface area contributed by atoms with Gasteiger partial charge in [-0.3, -0.25) is 9.78 Å². The van der Waals surface area contributed by atoms with Gasteiger partial charge in [0.25, 0.3) is 5.91 Å². The molecule has 2 aromatic heterocycles. The van der Waals surface area contributed by atoms with Crippen LogP contribution in [-0.4, -0.2) is 32.9 Å². The van der Waals surface area contributed by atoms with Crippen LogP contribution in [0, 0.1) is 0 Å². The quantitative estimate of drug-likeness (QED) is 0.701. The molecule has 4 rings (SSSR count). The second kappa shape index (κ2) is 6.31. The molecule has 0 spiro atoms. The van der Waals surface area contributed by atoms with Gasteiger partial charge in [0.05, 0.1) is 0 Å². The molecule has 0 bridgehead atoms. The minimum absolute atomic E-state index is 0.0726. The zero-order chi connectivity index (χ0) is 17.4. The lowest BCUT2D eigenvalue weighted by molar-refractivity contribution is 0.0511. The first kappa shape index (κ1) is 15.8. The van der Waals surface area contributed by atoms with E-state index >= 15 is 0 Å². The van der Waals surface area contributed by atoms with Crippen molar-refractivity contribution < 1.29 is 9.21 Å². The van der Waals surface area contributed by atoms with Crippen LogP contribution in [-0.2, 0) is 0 Å². The largest absolute Gasteiger partial charge is 0.436 e. The average Bonchev–Trinajstić information content (AvgIpc) is 3.05. The Morgan fingerprint density at radius 1 is 1.12 bits per heavy atom. The fraction of sp³-hybridized carbons (Fsp3) is 0.350. The van der Waals surface area contributed by atoms with Crippen LogP contribution < -0.4 is 0 Å². The van der Waals surface area contributed by atoms with E-state index in [0.717, 1.165) is 23.9 Å². The summed E-state index contributed by atoms with van der Waals surface area (Å²) in [6.07, 6.45) is 6.72. The summed E-state index contributed by atoms with van der Waals surface area (Å²) in [7, 11) is 0. The Morgan fingerprint density at radius 2 is 1.84 bits per heavy atom. The fourth-order valence-electron chi connectivity index (χ4n) is 3.65. The van der Waals surface area contributed by atoms with Gasteiger partial charge in [-0.2, -0.15) is 0 Å². The van der Waals surface area contributed by atoms with Gasteiger partial charge in [0.2, 0.25) is 5.89 Å². The van der Waals surface area contributed by atoms with Gasteiger partial charge in [-0.1, -0.05) is 0 Å². The minimum Gasteiger partial charge on any atom is -0.436 e. The number of piperidine rings is 1. The average molecular weight is 335 g/mol. The molecule has 5 heteroatoms. The maximum absolute atomic E-state index is 13.0. The molecule has 0 radical (unpaired) electrons. The Hall–Kier alpha value is -2.69. The number of hydrogen-bond donors (Lipinski definition) is 0. The molecule has 0 saturated carbocycles. The molecule has 5 nitrogen and oxygen atoms in total. The van der Waals surface area contributed by atoms with E-state index in [1.807, 2.05) is 35.2 Å². The van der Waals surface area contributed by atoms with Crippen LogP contribution in [0.2, 0.25) is 0 Å². The molecule has 3 aromatic rings. The summed E-state index contributed by atoms with van der Waals surface area (Å²) < 4.78 is 5.88. The Labute approximate surface area is 146 Å². The van der Waals surface area contributed by atoms with Gasteiger partial charge in [-0.05, 0) is 63.4 Å². The smallest absolute Gasteiger partial charge is 0.254 e. The molecule has 1 aliphatic rings. The number of oxazole rings is 1. The first-order valence-electron chi connectivity index (χ1n) is 8.77. The first-order chi connectivity index (χ1) is 12.1. The maximum Gasteiger partial charge on any atom is 0.254 e. The van der Waals surface area contributed by atoms with Gasteiger partial charge < -0.3 is 9.32 Å². The number of hydrogen-bond acceptors (Lipinski definition) is 4. The number of fused-ring (bicyclic) bond motifs is 1. The molecule has 1 aliphatic heterocycles. The number of pyridine rings is 1. The van der Waals surface area contributed by atoms with Crippen LogP contribution >= 0.6 is 0 Å². The van der Waals surface area contributed by atoms with Crippen molar-refractivity contribution in [2.75, 3.05) is 0 Å². The summed E-state index contributed by atoms with van der Waals surface area (Å²) in [6, 6.07) is 9.77. The topological polar surface area (TPSA) is 59.2 Å². The van der Waals surface area contributed by atoms with E-state index in [0.29, 0.717) is 17.0 Å². The Morgan fingerprint density at radius 3 is 2.56 bits per heavy atom. The molecule has 0 N–H and O–H groups in total. The lowest BCUT2D eigenvalue weighted by Gasteiger charge is -2.39. The van der Waals surface area contributed by atoms with Crippen LogP contribution in [0.4, 0.5) is 0 Å². The van der Waals surface area contributed by atoms with Gasteiger partial charge in [-0.15, -0.1) is 0 Å². The third-order valence-electron chi connectivity index (χ3n) is 4.99. The van der Waals surface area contributed by atoms with Crippen LogP contribution in [0.5, 0.6) is 0 Å². The number of benzene rings is 1. The maximum atomic E-state index is 13.0. The zero-order valence-electron chi connectivity index (χ0n) is 14.5. The van der Waals surface area contributed by atoms with Crippen LogP contribution in [0.25, 0.3) is 22.6 Å². The van der Waals surface area contributed by atoms with Crippen molar-refractivity contribution in [2.45, 2.75) is 45.2 Å². The van der Waals surface area contributed by atoms with E-state index in [-0.39, 0.29) is 18.0 Å². The van der Waals surface area contributed by atoms with E-state index in [1.54, 1.807) is 12.4 Å². The van der Waals surface area contributed by atoms with Crippen molar-refractivity contribution in [1.82, 2.24) is 14.9 Å². The zero-order valence-corrected chi connectivity index (χ0v) is 14.5. The highest BCUT2D eigenvalue weighted by Crippen LogP contribution is 2.28. The van der Waals surface area contributed by atoms with E-state index < -0.39 is 0 Å². The third-order valence-corrected chi connectivity index (χ3v) is 4.99. The second-order valence-electron chi connectivity index (χ2n) is 6.78. The molecule has 1 saturated heterocycles. The number of carbonyl (C=O) groups is 1. The Bertz CT molecular complexity index is 894. The monoisotopic (exact) mass is 335 g/mol. The molecule has 1 aromatic carbocycles. The first-order valence-corrected chi connectivity index (χ1v) is 8.77.